The molecule has 1 fully saturated rings. The smallest absolute Gasteiger partial charge is 0.0360 e. The van der Waals surface area contributed by atoms with Gasteiger partial charge in [-0.3, -0.25) is 4.90 Å². The standard InChI is InChI=1S/C15H17NS/c1-2-5-13(6-3-1)11-16-9-4-7-15(16)14-8-10-17-12-14/h1-3,5-6,8,10,12,15H,4,7,9,11H2/t15-/m0/s1. The van der Waals surface area contributed by atoms with Crippen LogP contribution in [0.15, 0.2) is 47.2 Å². The Hall–Kier alpha value is -1.12. The van der Waals surface area contributed by atoms with Crippen LogP contribution in [0.1, 0.15) is 30.0 Å². The third-order valence-corrected chi connectivity index (χ3v) is 4.22. The van der Waals surface area contributed by atoms with Gasteiger partial charge in [0.15, 0.2) is 0 Å². The van der Waals surface area contributed by atoms with E-state index in [0.717, 1.165) is 6.54 Å². The predicted molar refractivity (Wildman–Crippen MR) is 73.1 cm³/mol. The molecular formula is C15H17NS. The summed E-state index contributed by atoms with van der Waals surface area (Å²) in [7, 11) is 0. The van der Waals surface area contributed by atoms with Crippen LogP contribution >= 0.6 is 11.3 Å². The Morgan fingerprint density at radius 2 is 2.06 bits per heavy atom. The predicted octanol–water partition coefficient (Wildman–Crippen LogP) is 4.09. The SMILES string of the molecule is c1ccc(CN2CCC[C@H]2c2ccsc2)cc1. The molecule has 17 heavy (non-hydrogen) atoms. The van der Waals surface area contributed by atoms with Crippen LogP contribution in [0.4, 0.5) is 0 Å². The number of hydrogen-bond acceptors (Lipinski definition) is 2. The molecule has 1 aliphatic rings. The Morgan fingerprint density at radius 1 is 1.18 bits per heavy atom. The van der Waals surface area contributed by atoms with Crippen LogP contribution in [-0.2, 0) is 6.54 Å². The van der Waals surface area contributed by atoms with E-state index in [2.05, 4.69) is 52.1 Å². The summed E-state index contributed by atoms with van der Waals surface area (Å²) in [6, 6.07) is 13.7. The van der Waals surface area contributed by atoms with Gasteiger partial charge in [-0.1, -0.05) is 30.3 Å². The highest BCUT2D eigenvalue weighted by Gasteiger charge is 2.25. The van der Waals surface area contributed by atoms with Crippen molar-refractivity contribution >= 4 is 11.3 Å². The van der Waals surface area contributed by atoms with Crippen molar-refractivity contribution in [3.8, 4) is 0 Å². The number of hydrogen-bond donors (Lipinski definition) is 0. The lowest BCUT2D eigenvalue weighted by Crippen LogP contribution is -2.22. The van der Waals surface area contributed by atoms with Gasteiger partial charge in [0.05, 0.1) is 0 Å². The fourth-order valence-corrected chi connectivity index (χ4v) is 3.38. The molecule has 0 spiro atoms. The first-order valence-corrected chi connectivity index (χ1v) is 7.18. The van der Waals surface area contributed by atoms with Gasteiger partial charge in [-0.05, 0) is 47.3 Å². The molecule has 0 aliphatic carbocycles. The van der Waals surface area contributed by atoms with Crippen molar-refractivity contribution in [3.05, 3.63) is 58.3 Å². The van der Waals surface area contributed by atoms with Gasteiger partial charge in [0, 0.05) is 12.6 Å². The summed E-state index contributed by atoms with van der Waals surface area (Å²) in [6.45, 7) is 2.32. The molecular weight excluding hydrogens is 226 g/mol. The van der Waals surface area contributed by atoms with E-state index in [-0.39, 0.29) is 0 Å². The zero-order valence-corrected chi connectivity index (χ0v) is 10.7. The second kappa shape index (κ2) is 5.03. The van der Waals surface area contributed by atoms with Gasteiger partial charge in [0.2, 0.25) is 0 Å². The Bertz CT molecular complexity index is 449. The van der Waals surface area contributed by atoms with Crippen molar-refractivity contribution in [1.29, 1.82) is 0 Å². The topological polar surface area (TPSA) is 3.24 Å². The molecule has 3 rings (SSSR count). The minimum atomic E-state index is 0.640. The van der Waals surface area contributed by atoms with Gasteiger partial charge < -0.3 is 0 Å². The summed E-state index contributed by atoms with van der Waals surface area (Å²) in [6.07, 6.45) is 2.64. The quantitative estimate of drug-likeness (QED) is 0.785. The van der Waals surface area contributed by atoms with Gasteiger partial charge in [0.1, 0.15) is 0 Å². The van der Waals surface area contributed by atoms with E-state index in [1.54, 1.807) is 0 Å². The first-order valence-electron chi connectivity index (χ1n) is 6.23. The second-order valence-corrected chi connectivity index (χ2v) is 5.45. The molecule has 0 amide bonds. The highest BCUT2D eigenvalue weighted by atomic mass is 32.1. The van der Waals surface area contributed by atoms with Crippen LogP contribution in [0, 0.1) is 0 Å². The molecule has 0 radical (unpaired) electrons. The third-order valence-electron chi connectivity index (χ3n) is 3.52. The largest absolute Gasteiger partial charge is 0.292 e. The normalized spacial score (nSPS) is 20.8. The number of benzene rings is 1. The molecule has 0 unspecified atom stereocenters. The molecule has 2 heteroatoms. The molecule has 1 nitrogen and oxygen atoms in total. The average molecular weight is 243 g/mol. The van der Waals surface area contributed by atoms with E-state index >= 15 is 0 Å². The van der Waals surface area contributed by atoms with Crippen molar-refractivity contribution in [2.75, 3.05) is 6.54 Å². The molecule has 2 aromatic rings. The van der Waals surface area contributed by atoms with E-state index in [1.165, 1.54) is 30.5 Å². The molecule has 0 bridgehead atoms. The lowest BCUT2D eigenvalue weighted by molar-refractivity contribution is 0.249. The summed E-state index contributed by atoms with van der Waals surface area (Å²) >= 11 is 1.81. The molecule has 1 saturated heterocycles. The average Bonchev–Trinajstić information content (AvgIpc) is 3.00. The lowest BCUT2D eigenvalue weighted by Gasteiger charge is -2.23. The number of likely N-dealkylation sites (tertiary alicyclic amines) is 1. The molecule has 0 N–H and O–H groups in total. The summed E-state index contributed by atoms with van der Waals surface area (Å²) in [5.41, 5.74) is 2.93. The molecule has 1 aromatic carbocycles. The fourth-order valence-electron chi connectivity index (χ4n) is 2.68. The maximum atomic E-state index is 2.61. The molecule has 0 saturated carbocycles. The van der Waals surface area contributed by atoms with E-state index in [0.29, 0.717) is 6.04 Å². The number of nitrogens with zero attached hydrogens (tertiary/aromatic N) is 1. The molecule has 88 valence electrons. The van der Waals surface area contributed by atoms with Crippen LogP contribution < -0.4 is 0 Å². The minimum Gasteiger partial charge on any atom is -0.292 e. The second-order valence-electron chi connectivity index (χ2n) is 4.67. The van der Waals surface area contributed by atoms with E-state index in [9.17, 15) is 0 Å². The van der Waals surface area contributed by atoms with Crippen LogP contribution in [0.2, 0.25) is 0 Å². The summed E-state index contributed by atoms with van der Waals surface area (Å²) < 4.78 is 0. The summed E-state index contributed by atoms with van der Waals surface area (Å²) in [5, 5.41) is 4.49. The van der Waals surface area contributed by atoms with E-state index < -0.39 is 0 Å². The zero-order valence-electron chi connectivity index (χ0n) is 9.88. The molecule has 1 atom stereocenters. The van der Waals surface area contributed by atoms with Crippen molar-refractivity contribution in [1.82, 2.24) is 4.90 Å². The number of thiophene rings is 1. The van der Waals surface area contributed by atoms with E-state index in [4.69, 9.17) is 0 Å². The maximum absolute atomic E-state index is 2.61. The van der Waals surface area contributed by atoms with Crippen LogP contribution in [0.25, 0.3) is 0 Å². The maximum Gasteiger partial charge on any atom is 0.0360 e. The fraction of sp³-hybridized carbons (Fsp3) is 0.333. The first-order chi connectivity index (χ1) is 8.43. The highest BCUT2D eigenvalue weighted by Crippen LogP contribution is 2.33. The Labute approximate surface area is 107 Å². The van der Waals surface area contributed by atoms with Crippen molar-refractivity contribution < 1.29 is 0 Å². The van der Waals surface area contributed by atoms with Crippen LogP contribution in [-0.4, -0.2) is 11.4 Å². The van der Waals surface area contributed by atoms with Gasteiger partial charge in [-0.2, -0.15) is 11.3 Å². The van der Waals surface area contributed by atoms with Crippen molar-refractivity contribution in [3.63, 3.8) is 0 Å². The van der Waals surface area contributed by atoms with Crippen LogP contribution in [0.5, 0.6) is 0 Å². The summed E-state index contributed by atoms with van der Waals surface area (Å²) in [5.74, 6) is 0. The lowest BCUT2D eigenvalue weighted by atomic mass is 10.1. The van der Waals surface area contributed by atoms with Crippen LogP contribution in [0.3, 0.4) is 0 Å². The minimum absolute atomic E-state index is 0.640. The van der Waals surface area contributed by atoms with E-state index in [1.807, 2.05) is 11.3 Å². The van der Waals surface area contributed by atoms with Gasteiger partial charge >= 0.3 is 0 Å². The Morgan fingerprint density at radius 3 is 2.82 bits per heavy atom. The van der Waals surface area contributed by atoms with Crippen molar-refractivity contribution in [2.45, 2.75) is 25.4 Å². The van der Waals surface area contributed by atoms with Crippen molar-refractivity contribution in [2.24, 2.45) is 0 Å². The molecule has 1 aliphatic heterocycles. The monoisotopic (exact) mass is 243 g/mol. The summed E-state index contributed by atoms with van der Waals surface area (Å²) in [4.78, 5) is 2.61. The Kier molecular flexibility index (Phi) is 3.25. The number of rotatable bonds is 3. The molecule has 2 heterocycles. The Balaban J connectivity index is 1.75. The molecule has 1 aromatic heterocycles. The highest BCUT2D eigenvalue weighted by molar-refractivity contribution is 7.07. The first kappa shape index (κ1) is 11.0. The third kappa shape index (κ3) is 2.43. The zero-order chi connectivity index (χ0) is 11.5. The van der Waals surface area contributed by atoms with Gasteiger partial charge in [-0.25, -0.2) is 0 Å². The van der Waals surface area contributed by atoms with Gasteiger partial charge in [0.25, 0.3) is 0 Å². The van der Waals surface area contributed by atoms with Gasteiger partial charge in [-0.15, -0.1) is 0 Å².